The zero-order valence-electron chi connectivity index (χ0n) is 14.0. The summed E-state index contributed by atoms with van der Waals surface area (Å²) in [5, 5.41) is 10.8. The number of anilines is 1. The fourth-order valence-corrected chi connectivity index (χ4v) is 2.95. The molecule has 8 nitrogen and oxygen atoms in total. The number of rotatable bonds is 4. The van der Waals surface area contributed by atoms with Gasteiger partial charge in [0.05, 0.1) is 11.5 Å². The van der Waals surface area contributed by atoms with Gasteiger partial charge in [-0.2, -0.15) is 0 Å². The van der Waals surface area contributed by atoms with Crippen molar-refractivity contribution in [3.63, 3.8) is 0 Å². The third-order valence-corrected chi connectivity index (χ3v) is 4.18. The summed E-state index contributed by atoms with van der Waals surface area (Å²) < 4.78 is 0. The van der Waals surface area contributed by atoms with Crippen LogP contribution in [-0.4, -0.2) is 29.8 Å². The summed E-state index contributed by atoms with van der Waals surface area (Å²) in [6.07, 6.45) is 1.95. The number of non-ortho nitro benzene ring substituents is 1. The van der Waals surface area contributed by atoms with Gasteiger partial charge in [0.1, 0.15) is 0 Å². The van der Waals surface area contributed by atoms with E-state index in [0.717, 1.165) is 31.1 Å². The minimum atomic E-state index is -0.610. The number of carbonyl (C=O) groups is 2. The van der Waals surface area contributed by atoms with Crippen LogP contribution in [-0.2, 0) is 11.2 Å². The average molecular weight is 354 g/mol. The largest absolute Gasteiger partial charge is 0.362 e. The monoisotopic (exact) mass is 354 g/mol. The normalized spacial score (nSPS) is 12.8. The predicted octanol–water partition coefficient (Wildman–Crippen LogP) is 1.81. The Morgan fingerprint density at radius 1 is 1.12 bits per heavy atom. The topological polar surface area (TPSA) is 105 Å². The Morgan fingerprint density at radius 2 is 1.92 bits per heavy atom. The molecule has 0 fully saturated rings. The molecular weight excluding hydrogens is 336 g/mol. The molecule has 1 aliphatic heterocycles. The van der Waals surface area contributed by atoms with Crippen LogP contribution in [0.2, 0.25) is 0 Å². The van der Waals surface area contributed by atoms with Gasteiger partial charge in [0.2, 0.25) is 0 Å². The molecule has 0 aromatic heterocycles. The van der Waals surface area contributed by atoms with Crippen molar-refractivity contribution >= 4 is 23.2 Å². The third kappa shape index (κ3) is 3.97. The molecule has 1 aliphatic rings. The van der Waals surface area contributed by atoms with Gasteiger partial charge in [0.15, 0.2) is 0 Å². The average Bonchev–Trinajstić information content (AvgIpc) is 2.66. The lowest BCUT2D eigenvalue weighted by Gasteiger charge is -2.30. The van der Waals surface area contributed by atoms with Crippen LogP contribution < -0.4 is 15.8 Å². The number of nitrogens with zero attached hydrogens (tertiary/aromatic N) is 2. The molecule has 2 aromatic carbocycles. The molecule has 0 spiro atoms. The highest BCUT2D eigenvalue weighted by Crippen LogP contribution is 2.26. The molecule has 0 saturated heterocycles. The second-order valence-electron chi connectivity index (χ2n) is 5.96. The Hall–Kier alpha value is -3.42. The van der Waals surface area contributed by atoms with E-state index in [4.69, 9.17) is 0 Å². The van der Waals surface area contributed by atoms with Crippen LogP contribution in [0.4, 0.5) is 11.4 Å². The molecule has 0 atom stereocenters. The molecular formula is C18H18N4O4. The smallest absolute Gasteiger partial charge is 0.270 e. The Balaban J connectivity index is 1.57. The summed E-state index contributed by atoms with van der Waals surface area (Å²) >= 11 is 0. The van der Waals surface area contributed by atoms with Crippen molar-refractivity contribution < 1.29 is 14.5 Å². The highest BCUT2D eigenvalue weighted by Gasteiger charge is 2.19. The van der Waals surface area contributed by atoms with Crippen molar-refractivity contribution in [2.24, 2.45) is 0 Å². The van der Waals surface area contributed by atoms with Gasteiger partial charge in [0, 0.05) is 29.9 Å². The lowest BCUT2D eigenvalue weighted by atomic mass is 10.0. The fourth-order valence-electron chi connectivity index (χ4n) is 2.95. The van der Waals surface area contributed by atoms with Crippen molar-refractivity contribution in [3.8, 4) is 0 Å². The van der Waals surface area contributed by atoms with Crippen LogP contribution in [0.15, 0.2) is 48.5 Å². The maximum absolute atomic E-state index is 12.2. The minimum Gasteiger partial charge on any atom is -0.362 e. The van der Waals surface area contributed by atoms with E-state index < -0.39 is 10.8 Å². The van der Waals surface area contributed by atoms with Gasteiger partial charge >= 0.3 is 0 Å². The van der Waals surface area contributed by atoms with Crippen molar-refractivity contribution in [2.45, 2.75) is 12.8 Å². The number of benzene rings is 2. The summed E-state index contributed by atoms with van der Waals surface area (Å²) in [5.74, 6) is -0.971. The molecule has 0 radical (unpaired) electrons. The van der Waals surface area contributed by atoms with E-state index in [1.807, 2.05) is 29.2 Å². The van der Waals surface area contributed by atoms with E-state index >= 15 is 0 Å². The first-order chi connectivity index (χ1) is 12.5. The van der Waals surface area contributed by atoms with Gasteiger partial charge in [-0.25, -0.2) is 0 Å². The first kappa shape index (κ1) is 17.4. The molecule has 0 saturated carbocycles. The molecule has 0 unspecified atom stereocenters. The standard InChI is InChI=1S/C18H18N4O4/c23-17(12-21-10-4-7-13-5-1-2-9-16(13)21)19-20-18(24)14-6-3-8-15(11-14)22(25)26/h1-3,5-6,8-9,11H,4,7,10,12H2,(H,19,23)(H,20,24). The number of aryl methyl sites for hydroxylation is 1. The molecule has 134 valence electrons. The lowest BCUT2D eigenvalue weighted by molar-refractivity contribution is -0.384. The molecule has 2 aromatic rings. The Morgan fingerprint density at radius 3 is 2.73 bits per heavy atom. The van der Waals surface area contributed by atoms with Crippen LogP contribution in [0.3, 0.4) is 0 Å². The summed E-state index contributed by atoms with van der Waals surface area (Å²) in [5.41, 5.74) is 6.79. The summed E-state index contributed by atoms with van der Waals surface area (Å²) in [4.78, 5) is 36.4. The molecule has 3 rings (SSSR count). The number of amides is 2. The van der Waals surface area contributed by atoms with E-state index in [9.17, 15) is 19.7 Å². The summed E-state index contributed by atoms with van der Waals surface area (Å²) in [7, 11) is 0. The quantitative estimate of drug-likeness (QED) is 0.644. The second-order valence-corrected chi connectivity index (χ2v) is 5.96. The molecule has 8 heteroatoms. The number of nitro benzene ring substituents is 1. The number of nitrogens with one attached hydrogen (secondary N) is 2. The number of hydrogen-bond acceptors (Lipinski definition) is 5. The third-order valence-electron chi connectivity index (χ3n) is 4.18. The Labute approximate surface area is 149 Å². The number of carbonyl (C=O) groups excluding carboxylic acids is 2. The maximum atomic E-state index is 12.2. The Kier molecular flexibility index (Phi) is 5.12. The first-order valence-electron chi connectivity index (χ1n) is 8.21. The SMILES string of the molecule is O=C(CN1CCCc2ccccc21)NNC(=O)c1cccc([N+](=O)[O-])c1. The maximum Gasteiger partial charge on any atom is 0.270 e. The van der Waals surface area contributed by atoms with Crippen LogP contribution in [0.5, 0.6) is 0 Å². The molecule has 2 amide bonds. The van der Waals surface area contributed by atoms with Crippen LogP contribution in [0, 0.1) is 10.1 Å². The van der Waals surface area contributed by atoms with E-state index in [1.54, 1.807) is 0 Å². The number of para-hydroxylation sites is 1. The molecule has 0 aliphatic carbocycles. The van der Waals surface area contributed by atoms with E-state index in [2.05, 4.69) is 10.9 Å². The molecule has 26 heavy (non-hydrogen) atoms. The number of fused-ring (bicyclic) bond motifs is 1. The van der Waals surface area contributed by atoms with E-state index in [1.165, 1.54) is 23.8 Å². The highest BCUT2D eigenvalue weighted by molar-refractivity contribution is 5.96. The van der Waals surface area contributed by atoms with Crippen LogP contribution in [0.25, 0.3) is 0 Å². The Bertz CT molecular complexity index is 853. The van der Waals surface area contributed by atoms with Gasteiger partial charge in [-0.15, -0.1) is 0 Å². The van der Waals surface area contributed by atoms with Gasteiger partial charge < -0.3 is 4.90 Å². The van der Waals surface area contributed by atoms with Crippen LogP contribution >= 0.6 is 0 Å². The van der Waals surface area contributed by atoms with Gasteiger partial charge in [0.25, 0.3) is 17.5 Å². The molecule has 2 N–H and O–H groups in total. The van der Waals surface area contributed by atoms with Crippen LogP contribution in [0.1, 0.15) is 22.3 Å². The van der Waals surface area contributed by atoms with E-state index in [0.29, 0.717) is 0 Å². The summed E-state index contributed by atoms with van der Waals surface area (Å²) in [6, 6.07) is 13.2. The number of hydrazine groups is 1. The second kappa shape index (κ2) is 7.64. The molecule has 1 heterocycles. The minimum absolute atomic E-state index is 0.0998. The predicted molar refractivity (Wildman–Crippen MR) is 95.7 cm³/mol. The van der Waals surface area contributed by atoms with Gasteiger partial charge in [-0.1, -0.05) is 24.3 Å². The number of nitro groups is 1. The van der Waals surface area contributed by atoms with E-state index in [-0.39, 0.29) is 23.7 Å². The van der Waals surface area contributed by atoms with Crippen molar-refractivity contribution in [1.82, 2.24) is 10.9 Å². The van der Waals surface area contributed by atoms with Crippen molar-refractivity contribution in [3.05, 3.63) is 69.8 Å². The highest BCUT2D eigenvalue weighted by atomic mass is 16.6. The van der Waals surface area contributed by atoms with Crippen molar-refractivity contribution in [1.29, 1.82) is 0 Å². The van der Waals surface area contributed by atoms with Crippen molar-refractivity contribution in [2.75, 3.05) is 18.0 Å². The molecule has 0 bridgehead atoms. The summed E-state index contributed by atoms with van der Waals surface area (Å²) in [6.45, 7) is 0.884. The zero-order chi connectivity index (χ0) is 18.5. The van der Waals surface area contributed by atoms with Gasteiger partial charge in [-0.3, -0.25) is 30.6 Å². The zero-order valence-corrected chi connectivity index (χ0v) is 14.0. The fraction of sp³-hybridized carbons (Fsp3) is 0.222. The van der Waals surface area contributed by atoms with Gasteiger partial charge in [-0.05, 0) is 30.5 Å². The number of hydrogen-bond donors (Lipinski definition) is 2. The lowest BCUT2D eigenvalue weighted by Crippen LogP contribution is -2.47. The first-order valence-corrected chi connectivity index (χ1v) is 8.21.